The molecule has 0 aliphatic heterocycles. The minimum atomic E-state index is -0.0679. The number of nitrogens with zero attached hydrogens (tertiary/aromatic N) is 2. The fraction of sp³-hybridized carbons (Fsp3) is 0.190. The van der Waals surface area contributed by atoms with Crippen molar-refractivity contribution in [3.8, 4) is 11.5 Å². The number of amides is 1. The van der Waals surface area contributed by atoms with Crippen molar-refractivity contribution in [2.45, 2.75) is 20.3 Å². The van der Waals surface area contributed by atoms with Crippen LogP contribution in [0.25, 0.3) is 0 Å². The Morgan fingerprint density at radius 1 is 0.926 bits per heavy atom. The van der Waals surface area contributed by atoms with E-state index in [0.717, 1.165) is 11.4 Å². The molecule has 1 heterocycles. The number of hydrogen-bond donors (Lipinski definition) is 2. The fourth-order valence-electron chi connectivity index (χ4n) is 2.44. The van der Waals surface area contributed by atoms with Gasteiger partial charge in [-0.15, -0.1) is 10.2 Å². The van der Waals surface area contributed by atoms with E-state index in [-0.39, 0.29) is 5.91 Å². The standard InChI is InChI=1S/C21H22N4O2/c1-15(2)14-21(26)23-20-13-12-19(24-25-20)22-17-10-6-7-11-18(17)27-16-8-4-3-5-9-16/h3-13,15H,14H2,1-2H3,(H,22,24)(H,23,25,26). The maximum absolute atomic E-state index is 11.8. The molecular formula is C21H22N4O2. The summed E-state index contributed by atoms with van der Waals surface area (Å²) in [6, 6.07) is 20.6. The van der Waals surface area contributed by atoms with E-state index < -0.39 is 0 Å². The highest BCUT2D eigenvalue weighted by Gasteiger charge is 2.08. The van der Waals surface area contributed by atoms with Crippen LogP contribution in [0.4, 0.5) is 17.3 Å². The molecule has 1 amide bonds. The van der Waals surface area contributed by atoms with Gasteiger partial charge < -0.3 is 15.4 Å². The lowest BCUT2D eigenvalue weighted by Gasteiger charge is -2.12. The number of anilines is 3. The molecule has 0 bridgehead atoms. The average Bonchev–Trinajstić information content (AvgIpc) is 2.65. The Hall–Kier alpha value is -3.41. The quantitative estimate of drug-likeness (QED) is 0.619. The first kappa shape index (κ1) is 18.4. The van der Waals surface area contributed by atoms with Crippen LogP contribution in [0.5, 0.6) is 11.5 Å². The second-order valence-corrected chi connectivity index (χ2v) is 6.49. The zero-order chi connectivity index (χ0) is 19.1. The number of rotatable bonds is 7. The first-order valence-corrected chi connectivity index (χ1v) is 8.82. The van der Waals surface area contributed by atoms with Crippen LogP contribution < -0.4 is 15.4 Å². The van der Waals surface area contributed by atoms with Gasteiger partial charge in [-0.25, -0.2) is 0 Å². The van der Waals surface area contributed by atoms with E-state index in [1.54, 1.807) is 12.1 Å². The van der Waals surface area contributed by atoms with Crippen LogP contribution in [0, 0.1) is 5.92 Å². The van der Waals surface area contributed by atoms with Gasteiger partial charge in [-0.05, 0) is 42.3 Å². The topological polar surface area (TPSA) is 76.1 Å². The number of carbonyl (C=O) groups is 1. The molecule has 3 aromatic rings. The van der Waals surface area contributed by atoms with E-state index in [0.29, 0.717) is 29.7 Å². The van der Waals surface area contributed by atoms with Crippen LogP contribution in [-0.2, 0) is 4.79 Å². The molecule has 27 heavy (non-hydrogen) atoms. The van der Waals surface area contributed by atoms with Gasteiger partial charge in [0, 0.05) is 6.42 Å². The molecule has 2 N–H and O–H groups in total. The summed E-state index contributed by atoms with van der Waals surface area (Å²) in [6.45, 7) is 3.99. The summed E-state index contributed by atoms with van der Waals surface area (Å²) in [7, 11) is 0. The van der Waals surface area contributed by atoms with Gasteiger partial charge in [-0.1, -0.05) is 44.2 Å². The SMILES string of the molecule is CC(C)CC(=O)Nc1ccc(Nc2ccccc2Oc2ccccc2)nn1. The summed E-state index contributed by atoms with van der Waals surface area (Å²) < 4.78 is 5.93. The van der Waals surface area contributed by atoms with Crippen LogP contribution in [0.2, 0.25) is 0 Å². The Morgan fingerprint density at radius 2 is 1.59 bits per heavy atom. The van der Waals surface area contributed by atoms with Crippen molar-refractivity contribution < 1.29 is 9.53 Å². The van der Waals surface area contributed by atoms with E-state index in [1.165, 1.54) is 0 Å². The summed E-state index contributed by atoms with van der Waals surface area (Å²) in [5.41, 5.74) is 0.771. The highest BCUT2D eigenvalue weighted by Crippen LogP contribution is 2.30. The van der Waals surface area contributed by atoms with Crippen LogP contribution in [0.1, 0.15) is 20.3 Å². The number of benzene rings is 2. The largest absolute Gasteiger partial charge is 0.455 e. The van der Waals surface area contributed by atoms with Crippen molar-refractivity contribution in [2.24, 2.45) is 5.92 Å². The van der Waals surface area contributed by atoms with E-state index in [4.69, 9.17) is 4.74 Å². The second-order valence-electron chi connectivity index (χ2n) is 6.49. The lowest BCUT2D eigenvalue weighted by Crippen LogP contribution is -2.15. The van der Waals surface area contributed by atoms with Gasteiger partial charge in [0.2, 0.25) is 5.91 Å². The predicted octanol–water partition coefficient (Wildman–Crippen LogP) is 5.00. The lowest BCUT2D eigenvalue weighted by molar-refractivity contribution is -0.116. The molecule has 0 saturated carbocycles. The minimum absolute atomic E-state index is 0.0679. The zero-order valence-electron chi connectivity index (χ0n) is 15.3. The lowest BCUT2D eigenvalue weighted by atomic mass is 10.1. The highest BCUT2D eigenvalue weighted by molar-refractivity contribution is 5.89. The fourth-order valence-corrected chi connectivity index (χ4v) is 2.44. The molecule has 0 fully saturated rings. The molecule has 6 heteroatoms. The van der Waals surface area contributed by atoms with E-state index in [2.05, 4.69) is 20.8 Å². The highest BCUT2D eigenvalue weighted by atomic mass is 16.5. The van der Waals surface area contributed by atoms with Crippen LogP contribution >= 0.6 is 0 Å². The number of carbonyl (C=O) groups excluding carboxylic acids is 1. The van der Waals surface area contributed by atoms with Crippen molar-refractivity contribution in [3.05, 3.63) is 66.7 Å². The molecule has 0 radical (unpaired) electrons. The third kappa shape index (κ3) is 5.54. The Bertz CT molecular complexity index is 880. The van der Waals surface area contributed by atoms with Crippen molar-refractivity contribution >= 4 is 23.2 Å². The van der Waals surface area contributed by atoms with E-state index in [1.807, 2.05) is 68.4 Å². The minimum Gasteiger partial charge on any atom is -0.455 e. The van der Waals surface area contributed by atoms with Crippen molar-refractivity contribution in [1.29, 1.82) is 0 Å². The maximum Gasteiger partial charge on any atom is 0.225 e. The van der Waals surface area contributed by atoms with Crippen molar-refractivity contribution in [3.63, 3.8) is 0 Å². The Balaban J connectivity index is 1.68. The van der Waals surface area contributed by atoms with E-state index >= 15 is 0 Å². The Labute approximate surface area is 158 Å². The van der Waals surface area contributed by atoms with Gasteiger partial charge in [-0.2, -0.15) is 0 Å². The summed E-state index contributed by atoms with van der Waals surface area (Å²) in [6.07, 6.45) is 0.450. The smallest absolute Gasteiger partial charge is 0.225 e. The van der Waals surface area contributed by atoms with Gasteiger partial charge >= 0.3 is 0 Å². The molecule has 0 saturated heterocycles. The Kier molecular flexibility index (Phi) is 5.99. The maximum atomic E-state index is 11.8. The predicted molar refractivity (Wildman–Crippen MR) is 106 cm³/mol. The van der Waals surface area contributed by atoms with Crippen LogP contribution in [0.3, 0.4) is 0 Å². The van der Waals surface area contributed by atoms with E-state index in [9.17, 15) is 4.79 Å². The molecule has 0 aliphatic carbocycles. The van der Waals surface area contributed by atoms with Gasteiger partial charge in [0.05, 0.1) is 5.69 Å². The summed E-state index contributed by atoms with van der Waals surface area (Å²) in [5, 5.41) is 14.1. The summed E-state index contributed by atoms with van der Waals surface area (Å²) >= 11 is 0. The third-order valence-corrected chi connectivity index (χ3v) is 3.65. The van der Waals surface area contributed by atoms with Gasteiger partial charge in [0.1, 0.15) is 5.75 Å². The van der Waals surface area contributed by atoms with Gasteiger partial charge in [0.15, 0.2) is 17.4 Å². The molecule has 0 atom stereocenters. The number of ether oxygens (including phenoxy) is 1. The monoisotopic (exact) mass is 362 g/mol. The van der Waals surface area contributed by atoms with Gasteiger partial charge in [-0.3, -0.25) is 4.79 Å². The Morgan fingerprint density at radius 3 is 2.30 bits per heavy atom. The molecule has 0 spiro atoms. The van der Waals surface area contributed by atoms with Crippen molar-refractivity contribution in [2.75, 3.05) is 10.6 Å². The molecule has 2 aromatic carbocycles. The van der Waals surface area contributed by atoms with Gasteiger partial charge in [0.25, 0.3) is 0 Å². The van der Waals surface area contributed by atoms with Crippen molar-refractivity contribution in [1.82, 2.24) is 10.2 Å². The molecule has 6 nitrogen and oxygen atoms in total. The van der Waals surface area contributed by atoms with Crippen LogP contribution in [0.15, 0.2) is 66.7 Å². The molecule has 3 rings (SSSR count). The summed E-state index contributed by atoms with van der Waals surface area (Å²) in [5.74, 6) is 2.64. The molecular weight excluding hydrogens is 340 g/mol. The molecule has 138 valence electrons. The normalized spacial score (nSPS) is 10.5. The number of aromatic nitrogens is 2. The molecule has 0 unspecified atom stereocenters. The number of hydrogen-bond acceptors (Lipinski definition) is 5. The molecule has 1 aromatic heterocycles. The first-order valence-electron chi connectivity index (χ1n) is 8.82. The number of para-hydroxylation sites is 3. The summed E-state index contributed by atoms with van der Waals surface area (Å²) in [4.78, 5) is 11.8. The van der Waals surface area contributed by atoms with Crippen LogP contribution in [-0.4, -0.2) is 16.1 Å². The first-order chi connectivity index (χ1) is 13.1. The number of nitrogens with one attached hydrogen (secondary N) is 2. The zero-order valence-corrected chi connectivity index (χ0v) is 15.3. The third-order valence-electron chi connectivity index (χ3n) is 3.65. The second kappa shape index (κ2) is 8.80. The molecule has 0 aliphatic rings. The average molecular weight is 362 g/mol.